The molecule has 2 heterocycles. The summed E-state index contributed by atoms with van der Waals surface area (Å²) in [5.74, 6) is 1.12. The van der Waals surface area contributed by atoms with Gasteiger partial charge in [-0.3, -0.25) is 4.90 Å². The lowest BCUT2D eigenvalue weighted by molar-refractivity contribution is 0.175. The number of imidazole rings is 1. The van der Waals surface area contributed by atoms with Gasteiger partial charge in [-0.25, -0.2) is 4.98 Å². The summed E-state index contributed by atoms with van der Waals surface area (Å²) in [4.78, 5) is 7.38. The van der Waals surface area contributed by atoms with Crippen molar-refractivity contribution in [1.29, 1.82) is 0 Å². The number of nitrogens with zero attached hydrogens (tertiary/aromatic N) is 3. The Morgan fingerprint density at radius 3 is 2.57 bits per heavy atom. The molecule has 1 aromatic carbocycles. The molecule has 0 bridgehead atoms. The Hall–Kier alpha value is -1.10. The van der Waals surface area contributed by atoms with Crippen molar-refractivity contribution in [3.8, 4) is 0 Å². The highest BCUT2D eigenvalue weighted by Gasteiger charge is 2.25. The monoisotopic (exact) mass is 306 g/mol. The van der Waals surface area contributed by atoms with Crippen LogP contribution in [0.25, 0.3) is 11.0 Å². The van der Waals surface area contributed by atoms with E-state index >= 15 is 0 Å². The van der Waals surface area contributed by atoms with E-state index in [0.717, 1.165) is 48.1 Å². The number of aromatic nitrogens is 2. The summed E-state index contributed by atoms with van der Waals surface area (Å²) in [6.07, 6.45) is 0. The quantitative estimate of drug-likeness (QED) is 0.945. The first-order valence-electron chi connectivity index (χ1n) is 7.70. The lowest BCUT2D eigenvalue weighted by Gasteiger charge is -2.33. The number of hydrogen-bond acceptors (Lipinski definition) is 3. The van der Waals surface area contributed by atoms with Crippen molar-refractivity contribution in [1.82, 2.24) is 19.8 Å². The third-order valence-corrected chi connectivity index (χ3v) is 4.58. The van der Waals surface area contributed by atoms with E-state index in [2.05, 4.69) is 35.6 Å². The molecule has 1 atom stereocenters. The molecule has 1 aliphatic heterocycles. The van der Waals surface area contributed by atoms with Crippen molar-refractivity contribution in [2.24, 2.45) is 0 Å². The molecule has 1 saturated heterocycles. The van der Waals surface area contributed by atoms with Gasteiger partial charge in [0.2, 0.25) is 0 Å². The molecule has 1 unspecified atom stereocenters. The molecule has 114 valence electrons. The molecule has 5 heteroatoms. The van der Waals surface area contributed by atoms with Gasteiger partial charge >= 0.3 is 0 Å². The van der Waals surface area contributed by atoms with Crippen LogP contribution in [0.4, 0.5) is 0 Å². The van der Waals surface area contributed by atoms with E-state index in [-0.39, 0.29) is 0 Å². The summed E-state index contributed by atoms with van der Waals surface area (Å²) < 4.78 is 2.30. The van der Waals surface area contributed by atoms with Crippen LogP contribution in [-0.4, -0.2) is 40.6 Å². The topological polar surface area (TPSA) is 33.1 Å². The zero-order chi connectivity index (χ0) is 15.0. The fourth-order valence-electron chi connectivity index (χ4n) is 3.17. The molecule has 2 aromatic rings. The summed E-state index contributed by atoms with van der Waals surface area (Å²) in [5, 5.41) is 4.19. The van der Waals surface area contributed by atoms with Crippen LogP contribution in [0.15, 0.2) is 18.2 Å². The molecule has 0 spiro atoms. The van der Waals surface area contributed by atoms with Gasteiger partial charge in [0, 0.05) is 32.2 Å². The van der Waals surface area contributed by atoms with Gasteiger partial charge < -0.3 is 9.88 Å². The second-order valence-corrected chi connectivity index (χ2v) is 6.41. The number of benzene rings is 1. The van der Waals surface area contributed by atoms with Crippen molar-refractivity contribution in [3.05, 3.63) is 29.0 Å². The average Bonchev–Trinajstić information content (AvgIpc) is 2.88. The second kappa shape index (κ2) is 5.95. The van der Waals surface area contributed by atoms with E-state index in [4.69, 9.17) is 16.6 Å². The Balaban J connectivity index is 2.08. The smallest absolute Gasteiger partial charge is 0.127 e. The van der Waals surface area contributed by atoms with Gasteiger partial charge in [-0.1, -0.05) is 17.7 Å². The van der Waals surface area contributed by atoms with Crippen LogP contribution in [0.1, 0.15) is 38.7 Å². The lowest BCUT2D eigenvalue weighted by atomic mass is 10.2. The minimum Gasteiger partial charge on any atom is -0.323 e. The predicted octanol–water partition coefficient (Wildman–Crippen LogP) is 3.24. The van der Waals surface area contributed by atoms with Crippen LogP contribution in [0, 0.1) is 0 Å². The highest BCUT2D eigenvalue weighted by molar-refractivity contribution is 6.35. The Bertz CT molecular complexity index is 628. The fourth-order valence-corrected chi connectivity index (χ4v) is 3.44. The molecule has 0 radical (unpaired) electrons. The van der Waals surface area contributed by atoms with Gasteiger partial charge in [0.25, 0.3) is 0 Å². The zero-order valence-electron chi connectivity index (χ0n) is 12.9. The molecule has 1 aromatic heterocycles. The van der Waals surface area contributed by atoms with Crippen molar-refractivity contribution in [2.45, 2.75) is 32.9 Å². The van der Waals surface area contributed by atoms with Gasteiger partial charge in [0.15, 0.2) is 0 Å². The van der Waals surface area contributed by atoms with E-state index in [0.29, 0.717) is 12.1 Å². The average molecular weight is 307 g/mol. The van der Waals surface area contributed by atoms with E-state index in [1.165, 1.54) is 0 Å². The van der Waals surface area contributed by atoms with Crippen molar-refractivity contribution >= 4 is 22.6 Å². The molecule has 4 nitrogen and oxygen atoms in total. The first kappa shape index (κ1) is 14.8. The van der Waals surface area contributed by atoms with Crippen LogP contribution in [0.2, 0.25) is 5.02 Å². The second-order valence-electron chi connectivity index (χ2n) is 6.00. The number of para-hydroxylation sites is 1. The molecule has 21 heavy (non-hydrogen) atoms. The summed E-state index contributed by atoms with van der Waals surface area (Å²) in [7, 11) is 0. The number of piperazine rings is 1. The minimum absolute atomic E-state index is 0.304. The van der Waals surface area contributed by atoms with Gasteiger partial charge in [-0.2, -0.15) is 0 Å². The molecule has 0 saturated carbocycles. The van der Waals surface area contributed by atoms with Crippen molar-refractivity contribution in [2.75, 3.05) is 26.2 Å². The molecule has 0 aliphatic carbocycles. The number of halogens is 1. The normalized spacial score (nSPS) is 18.5. The number of fused-ring (bicyclic) bond motifs is 1. The van der Waals surface area contributed by atoms with E-state index < -0.39 is 0 Å². The maximum absolute atomic E-state index is 6.43. The lowest BCUT2D eigenvalue weighted by Crippen LogP contribution is -2.45. The molecule has 1 fully saturated rings. The molecule has 3 rings (SSSR count). The molecular weight excluding hydrogens is 284 g/mol. The van der Waals surface area contributed by atoms with Gasteiger partial charge in [-0.05, 0) is 32.9 Å². The SMILES string of the molecule is CC(c1nc2cccc(Cl)c2n1C(C)C)N1CCNCC1. The molecule has 0 amide bonds. The standard InChI is InChI=1S/C16H23ClN4/c1-11(2)21-15-13(17)5-4-6-14(15)19-16(21)12(3)20-9-7-18-8-10-20/h4-6,11-12,18H,7-10H2,1-3H3. The summed E-state index contributed by atoms with van der Waals surface area (Å²) >= 11 is 6.43. The largest absolute Gasteiger partial charge is 0.323 e. The highest BCUT2D eigenvalue weighted by atomic mass is 35.5. The minimum atomic E-state index is 0.304. The Morgan fingerprint density at radius 2 is 1.90 bits per heavy atom. The first-order chi connectivity index (χ1) is 10.1. The zero-order valence-corrected chi connectivity index (χ0v) is 13.7. The number of nitrogens with one attached hydrogen (secondary N) is 1. The predicted molar refractivity (Wildman–Crippen MR) is 88.0 cm³/mol. The Labute approximate surface area is 131 Å². The molecular formula is C16H23ClN4. The Kier molecular flexibility index (Phi) is 4.20. The molecule has 1 N–H and O–H groups in total. The van der Waals surface area contributed by atoms with Crippen molar-refractivity contribution in [3.63, 3.8) is 0 Å². The third-order valence-electron chi connectivity index (χ3n) is 4.28. The summed E-state index contributed by atoms with van der Waals surface area (Å²) in [5.41, 5.74) is 2.05. The maximum Gasteiger partial charge on any atom is 0.127 e. The fraction of sp³-hybridized carbons (Fsp3) is 0.562. The highest BCUT2D eigenvalue weighted by Crippen LogP contribution is 2.31. The van der Waals surface area contributed by atoms with Crippen LogP contribution < -0.4 is 5.32 Å². The number of rotatable bonds is 3. The van der Waals surface area contributed by atoms with E-state index in [9.17, 15) is 0 Å². The van der Waals surface area contributed by atoms with E-state index in [1.54, 1.807) is 0 Å². The van der Waals surface area contributed by atoms with Crippen LogP contribution in [0.3, 0.4) is 0 Å². The summed E-state index contributed by atoms with van der Waals surface area (Å²) in [6.45, 7) is 10.9. The number of hydrogen-bond donors (Lipinski definition) is 1. The van der Waals surface area contributed by atoms with Gasteiger partial charge in [0.1, 0.15) is 5.82 Å². The Morgan fingerprint density at radius 1 is 1.19 bits per heavy atom. The van der Waals surface area contributed by atoms with E-state index in [1.807, 2.05) is 18.2 Å². The van der Waals surface area contributed by atoms with Crippen LogP contribution in [-0.2, 0) is 0 Å². The van der Waals surface area contributed by atoms with Crippen molar-refractivity contribution < 1.29 is 0 Å². The third kappa shape index (κ3) is 2.68. The maximum atomic E-state index is 6.43. The van der Waals surface area contributed by atoms with Gasteiger partial charge in [-0.15, -0.1) is 0 Å². The van der Waals surface area contributed by atoms with Gasteiger partial charge in [0.05, 0.1) is 22.1 Å². The van der Waals surface area contributed by atoms with Crippen LogP contribution >= 0.6 is 11.6 Å². The molecule has 1 aliphatic rings. The van der Waals surface area contributed by atoms with Crippen LogP contribution in [0.5, 0.6) is 0 Å². The first-order valence-corrected chi connectivity index (χ1v) is 8.08. The summed E-state index contributed by atoms with van der Waals surface area (Å²) in [6, 6.07) is 6.62.